The van der Waals surface area contributed by atoms with Crippen LogP contribution in [0.5, 0.6) is 0 Å². The summed E-state index contributed by atoms with van der Waals surface area (Å²) in [5.41, 5.74) is 5.80. The Kier molecular flexibility index (Phi) is 9.28. The zero-order chi connectivity index (χ0) is 18.4. The van der Waals surface area contributed by atoms with Crippen LogP contribution in [-0.2, 0) is 25.6 Å². The molecule has 0 bridgehead atoms. The van der Waals surface area contributed by atoms with Gasteiger partial charge in [0, 0.05) is 11.5 Å². The topological polar surface area (TPSA) is 187 Å². The number of nitrogens with two attached hydrogens (primary N) is 1. The maximum atomic E-state index is 11.8. The number of carbonyl (C=O) groups is 2. The van der Waals surface area contributed by atoms with E-state index in [-0.39, 0.29) is 75.7 Å². The van der Waals surface area contributed by atoms with E-state index in [1.807, 2.05) is 0 Å². The third-order valence-corrected chi connectivity index (χ3v) is 6.40. The van der Waals surface area contributed by atoms with Crippen molar-refractivity contribution in [2.75, 3.05) is 11.5 Å². The molecule has 1 aromatic heterocycles. The van der Waals surface area contributed by atoms with Crippen LogP contribution in [-0.4, -0.2) is 72.9 Å². The monoisotopic (exact) mass is 452 g/mol. The van der Waals surface area contributed by atoms with Crippen LogP contribution in [0.3, 0.4) is 0 Å². The first-order valence-electron chi connectivity index (χ1n) is 6.65. The van der Waals surface area contributed by atoms with E-state index in [9.17, 15) is 27.7 Å². The van der Waals surface area contributed by atoms with Crippen molar-refractivity contribution in [3.05, 3.63) is 11.3 Å². The molecule has 2 aliphatic rings. The molecule has 1 amide bonds. The van der Waals surface area contributed by atoms with Crippen LogP contribution in [0.15, 0.2) is 16.4 Å². The average Bonchev–Trinajstić information content (AvgIpc) is 2.96. The summed E-state index contributed by atoms with van der Waals surface area (Å²) in [6.45, 7) is 0. The van der Waals surface area contributed by atoms with Crippen molar-refractivity contribution in [3.8, 4) is 0 Å². The zero-order valence-corrected chi connectivity index (χ0v) is 20.7. The second-order valence-electron chi connectivity index (χ2n) is 5.11. The number of carboxylic acid groups (broad SMARTS) is 1. The Bertz CT molecular complexity index is 877. The Morgan fingerprint density at radius 3 is 2.67 bits per heavy atom. The summed E-state index contributed by atoms with van der Waals surface area (Å²) in [5.74, 6) is -2.56. The predicted molar refractivity (Wildman–Crippen MR) is 81.3 cm³/mol. The van der Waals surface area contributed by atoms with E-state index in [0.717, 1.165) is 21.3 Å². The first kappa shape index (κ1) is 25.4. The number of hydrogen-bond donors (Lipinski definition) is 1. The maximum Gasteiger partial charge on any atom is 1.00 e. The molecule has 136 valence electrons. The Labute approximate surface area is 206 Å². The molecule has 1 saturated heterocycles. The van der Waals surface area contributed by atoms with Crippen LogP contribution in [0.4, 0.5) is 0 Å². The molecule has 0 saturated carbocycles. The first-order valence-corrected chi connectivity index (χ1v) is 10.3. The number of amides is 1. The number of carboxylic acids is 1. The zero-order valence-electron chi connectivity index (χ0n) is 14.3. The van der Waals surface area contributed by atoms with Gasteiger partial charge in [-0.05, 0) is 16.0 Å². The first-order chi connectivity index (χ1) is 11.7. The number of hydrogen-bond acceptors (Lipinski definition) is 12. The summed E-state index contributed by atoms with van der Waals surface area (Å²) in [5, 5.41) is 21.3. The van der Waals surface area contributed by atoms with Crippen LogP contribution in [0.25, 0.3) is 0 Å². The van der Waals surface area contributed by atoms with Gasteiger partial charge in [-0.1, -0.05) is 11.8 Å². The van der Waals surface area contributed by atoms with E-state index in [1.54, 1.807) is 0 Å². The molecular formula is C10H10N6Na2O6S3. The quantitative estimate of drug-likeness (QED) is 0.186. The molecule has 27 heavy (non-hydrogen) atoms. The van der Waals surface area contributed by atoms with Crippen LogP contribution < -0.4 is 70.0 Å². The average molecular weight is 452 g/mol. The second-order valence-corrected chi connectivity index (χ2v) is 8.53. The number of fused-ring (bicyclic) bond motifs is 1. The molecule has 0 aliphatic carbocycles. The molecular weight excluding hydrogens is 442 g/mol. The summed E-state index contributed by atoms with van der Waals surface area (Å²) in [6, 6.07) is -0.747. The summed E-state index contributed by atoms with van der Waals surface area (Å²) in [6.07, 6.45) is 0. The minimum Gasteiger partial charge on any atom is -0.747 e. The molecule has 3 heterocycles. The number of rotatable bonds is 6. The van der Waals surface area contributed by atoms with Crippen LogP contribution in [0.1, 0.15) is 0 Å². The standard InChI is InChI=1S/C10H12N6O6S3.2Na/c11-5-7(17)16-6(9(18)19)4(1-23-8(5)16)2-24-10-12-13-14-15(10)3-25(20,21)22;;/h5,8H,1-3,11H2,(H,18,19)(H,20,21,22);;/q;2*+1/p-2/t5?,8-;;/m1../s1. The molecule has 1 unspecified atom stereocenters. The van der Waals surface area contributed by atoms with Crippen LogP contribution >= 0.6 is 23.5 Å². The van der Waals surface area contributed by atoms with Gasteiger partial charge in [-0.2, -0.15) is 0 Å². The van der Waals surface area contributed by atoms with Crippen molar-refractivity contribution in [3.63, 3.8) is 0 Å². The normalized spacial score (nSPS) is 21.7. The van der Waals surface area contributed by atoms with E-state index in [0.29, 0.717) is 11.3 Å². The Hall–Kier alpha value is 0.320. The largest absolute Gasteiger partial charge is 1.00 e. The minimum atomic E-state index is -4.59. The summed E-state index contributed by atoms with van der Waals surface area (Å²) < 4.78 is 33.2. The fraction of sp³-hybridized carbons (Fsp3) is 0.500. The number of β-lactam (4-membered cyclic amide) rings is 1. The van der Waals surface area contributed by atoms with Crippen molar-refractivity contribution in [1.29, 1.82) is 0 Å². The Balaban J connectivity index is 0.00000182. The van der Waals surface area contributed by atoms with Crippen LogP contribution in [0.2, 0.25) is 0 Å². The molecule has 2 atom stereocenters. The van der Waals surface area contributed by atoms with Gasteiger partial charge in [0.2, 0.25) is 11.1 Å². The third kappa shape index (κ3) is 5.48. The molecule has 1 aromatic rings. The fourth-order valence-corrected chi connectivity index (χ4v) is 5.23. The van der Waals surface area contributed by atoms with Crippen molar-refractivity contribution < 1.29 is 86.8 Å². The number of aliphatic carboxylic acids is 1. The predicted octanol–water partition coefficient (Wildman–Crippen LogP) is -9.48. The molecule has 0 radical (unpaired) electrons. The van der Waals surface area contributed by atoms with E-state index in [1.165, 1.54) is 11.8 Å². The molecule has 2 N–H and O–H groups in total. The van der Waals surface area contributed by atoms with Crippen molar-refractivity contribution in [2.45, 2.75) is 22.4 Å². The molecule has 0 aromatic carbocycles. The molecule has 2 aliphatic heterocycles. The van der Waals surface area contributed by atoms with Crippen molar-refractivity contribution in [1.82, 2.24) is 25.1 Å². The smallest absolute Gasteiger partial charge is 0.747 e. The molecule has 0 spiro atoms. The number of tetrazole rings is 1. The van der Waals surface area contributed by atoms with Gasteiger partial charge in [0.15, 0.2) is 0 Å². The van der Waals surface area contributed by atoms with Gasteiger partial charge in [-0.25, -0.2) is 13.1 Å². The van der Waals surface area contributed by atoms with Gasteiger partial charge < -0.3 is 20.2 Å². The second kappa shape index (κ2) is 9.88. The Morgan fingerprint density at radius 1 is 1.41 bits per heavy atom. The number of thioether (sulfide) groups is 2. The minimum absolute atomic E-state index is 0. The van der Waals surface area contributed by atoms with Gasteiger partial charge in [0.1, 0.15) is 27.4 Å². The van der Waals surface area contributed by atoms with Gasteiger partial charge in [0.25, 0.3) is 0 Å². The maximum absolute atomic E-state index is 11.8. The van der Waals surface area contributed by atoms with Crippen molar-refractivity contribution >= 4 is 45.5 Å². The van der Waals surface area contributed by atoms with Gasteiger partial charge in [-0.15, -0.1) is 16.9 Å². The number of carbonyl (C=O) groups excluding carboxylic acids is 2. The fourth-order valence-electron chi connectivity index (χ4n) is 2.36. The molecule has 12 nitrogen and oxygen atoms in total. The van der Waals surface area contributed by atoms with Crippen molar-refractivity contribution in [2.24, 2.45) is 5.73 Å². The number of nitrogens with zero attached hydrogens (tertiary/aromatic N) is 5. The van der Waals surface area contributed by atoms with E-state index >= 15 is 0 Å². The van der Waals surface area contributed by atoms with Gasteiger partial charge in [0.05, 0.1) is 11.7 Å². The summed E-state index contributed by atoms with van der Waals surface area (Å²) >= 11 is 2.26. The molecule has 17 heteroatoms. The number of aromatic nitrogens is 4. The van der Waals surface area contributed by atoms with Gasteiger partial charge in [-0.3, -0.25) is 9.69 Å². The van der Waals surface area contributed by atoms with E-state index < -0.39 is 39.3 Å². The van der Waals surface area contributed by atoms with E-state index in [2.05, 4.69) is 15.5 Å². The van der Waals surface area contributed by atoms with Crippen LogP contribution in [0, 0.1) is 0 Å². The summed E-state index contributed by atoms with van der Waals surface area (Å²) in [4.78, 5) is 24.3. The van der Waals surface area contributed by atoms with Gasteiger partial charge >= 0.3 is 59.1 Å². The summed E-state index contributed by atoms with van der Waals surface area (Å²) in [7, 11) is -4.59. The SMILES string of the molecule is NC1C(=O)N2C(C(=O)[O-])=C(CSc3nnnn3CS(=O)(=O)[O-])CS[C@H]12.[Na+].[Na+]. The molecule has 3 rings (SSSR count). The Morgan fingerprint density at radius 2 is 2.07 bits per heavy atom. The molecule has 1 fully saturated rings. The third-order valence-electron chi connectivity index (χ3n) is 3.44. The van der Waals surface area contributed by atoms with E-state index in [4.69, 9.17) is 5.73 Å².